The summed E-state index contributed by atoms with van der Waals surface area (Å²) in [5.74, 6) is 0.0631. The average Bonchev–Trinajstić information content (AvgIpc) is 2.59. The molecule has 3 nitrogen and oxygen atoms in total. The number of benzene rings is 2. The van der Waals surface area contributed by atoms with Crippen molar-refractivity contribution in [2.75, 3.05) is 13.6 Å². The molecule has 0 aliphatic rings. The Kier molecular flexibility index (Phi) is 6.38. The van der Waals surface area contributed by atoms with Crippen LogP contribution in [0.3, 0.4) is 0 Å². The van der Waals surface area contributed by atoms with Gasteiger partial charge in [0, 0.05) is 13.1 Å². The van der Waals surface area contributed by atoms with E-state index in [1.54, 1.807) is 0 Å². The third-order valence-corrected chi connectivity index (χ3v) is 5.33. The monoisotopic (exact) mass is 338 g/mol. The zero-order valence-corrected chi connectivity index (χ0v) is 16.4. The van der Waals surface area contributed by atoms with Crippen molar-refractivity contribution in [2.24, 2.45) is 0 Å². The highest BCUT2D eigenvalue weighted by molar-refractivity contribution is 5.78. The van der Waals surface area contributed by atoms with Crippen molar-refractivity contribution < 1.29 is 4.79 Å². The molecular formula is C22H30N2O. The van der Waals surface area contributed by atoms with Crippen LogP contribution < -0.4 is 5.32 Å². The van der Waals surface area contributed by atoms with E-state index >= 15 is 0 Å². The van der Waals surface area contributed by atoms with Gasteiger partial charge in [-0.1, -0.05) is 30.3 Å². The molecule has 134 valence electrons. The Balaban J connectivity index is 1.96. The van der Waals surface area contributed by atoms with E-state index in [0.717, 1.165) is 6.54 Å². The molecule has 2 rings (SSSR count). The lowest BCUT2D eigenvalue weighted by Crippen LogP contribution is -2.34. The molecular weight excluding hydrogens is 308 g/mol. The molecule has 1 amide bonds. The lowest BCUT2D eigenvalue weighted by atomic mass is 9.89. The summed E-state index contributed by atoms with van der Waals surface area (Å²) in [5, 5.41) is 3.09. The van der Waals surface area contributed by atoms with Gasteiger partial charge in [0.2, 0.25) is 5.91 Å². The maximum absolute atomic E-state index is 12.3. The summed E-state index contributed by atoms with van der Waals surface area (Å²) in [7, 11) is 1.98. The number of likely N-dealkylation sites (N-methyl/N-ethyl adjacent to an activating group) is 1. The van der Waals surface area contributed by atoms with Crippen molar-refractivity contribution in [1.29, 1.82) is 0 Å². The van der Waals surface area contributed by atoms with Crippen LogP contribution in [0.1, 0.15) is 38.9 Å². The lowest BCUT2D eigenvalue weighted by Gasteiger charge is -2.20. The summed E-state index contributed by atoms with van der Waals surface area (Å²) in [6.07, 6.45) is 0. The fourth-order valence-electron chi connectivity index (χ4n) is 3.28. The van der Waals surface area contributed by atoms with Crippen LogP contribution in [-0.2, 0) is 17.9 Å². The van der Waals surface area contributed by atoms with Crippen molar-refractivity contribution in [2.45, 2.75) is 47.7 Å². The maximum atomic E-state index is 12.3. The van der Waals surface area contributed by atoms with Gasteiger partial charge in [0.25, 0.3) is 0 Å². The molecule has 0 atom stereocenters. The normalized spacial score (nSPS) is 11.0. The molecule has 0 radical (unpaired) electrons. The molecule has 3 heteroatoms. The van der Waals surface area contributed by atoms with Gasteiger partial charge in [-0.25, -0.2) is 0 Å². The first-order valence-corrected chi connectivity index (χ1v) is 8.86. The average molecular weight is 338 g/mol. The molecule has 0 saturated carbocycles. The zero-order chi connectivity index (χ0) is 18.6. The van der Waals surface area contributed by atoms with Crippen molar-refractivity contribution in [3.63, 3.8) is 0 Å². The zero-order valence-electron chi connectivity index (χ0n) is 16.4. The summed E-state index contributed by atoms with van der Waals surface area (Å²) in [4.78, 5) is 14.4. The Hall–Kier alpha value is -2.13. The Morgan fingerprint density at radius 1 is 0.880 bits per heavy atom. The van der Waals surface area contributed by atoms with Gasteiger partial charge in [-0.3, -0.25) is 9.69 Å². The molecule has 0 unspecified atom stereocenters. The second-order valence-corrected chi connectivity index (χ2v) is 7.04. The number of nitrogens with zero attached hydrogens (tertiary/aromatic N) is 1. The molecule has 0 aliphatic carbocycles. The van der Waals surface area contributed by atoms with Crippen LogP contribution >= 0.6 is 0 Å². The van der Waals surface area contributed by atoms with E-state index in [1.807, 2.05) is 30.1 Å². The Bertz CT molecular complexity index is 721. The maximum Gasteiger partial charge on any atom is 0.234 e. The Labute approximate surface area is 152 Å². The molecule has 0 fully saturated rings. The predicted octanol–water partition coefficient (Wildman–Crippen LogP) is 3.98. The van der Waals surface area contributed by atoms with Gasteiger partial charge in [0.15, 0.2) is 0 Å². The second kappa shape index (κ2) is 8.30. The number of rotatable bonds is 6. The van der Waals surface area contributed by atoms with Crippen LogP contribution in [0.2, 0.25) is 0 Å². The number of hydrogen-bond donors (Lipinski definition) is 1. The fraction of sp³-hybridized carbons (Fsp3) is 0.409. The number of amides is 1. The molecule has 0 spiro atoms. The number of nitrogens with one attached hydrogen (secondary N) is 1. The van der Waals surface area contributed by atoms with Crippen molar-refractivity contribution in [3.8, 4) is 0 Å². The number of carbonyl (C=O) groups excluding carboxylic acids is 1. The number of carbonyl (C=O) groups is 1. The van der Waals surface area contributed by atoms with Gasteiger partial charge in [0.1, 0.15) is 0 Å². The van der Waals surface area contributed by atoms with Gasteiger partial charge in [-0.05, 0) is 80.6 Å². The van der Waals surface area contributed by atoms with Gasteiger partial charge in [-0.2, -0.15) is 0 Å². The van der Waals surface area contributed by atoms with Crippen LogP contribution in [0.4, 0.5) is 0 Å². The minimum absolute atomic E-state index is 0.0631. The van der Waals surface area contributed by atoms with Crippen LogP contribution in [0.25, 0.3) is 0 Å². The van der Waals surface area contributed by atoms with E-state index in [2.05, 4.69) is 52.1 Å². The van der Waals surface area contributed by atoms with E-state index in [9.17, 15) is 4.79 Å². The summed E-state index contributed by atoms with van der Waals surface area (Å²) < 4.78 is 0. The predicted molar refractivity (Wildman–Crippen MR) is 105 cm³/mol. The lowest BCUT2D eigenvalue weighted by molar-refractivity contribution is -0.122. The first-order chi connectivity index (χ1) is 11.8. The van der Waals surface area contributed by atoms with Crippen LogP contribution in [-0.4, -0.2) is 24.4 Å². The van der Waals surface area contributed by atoms with Crippen LogP contribution in [0, 0.1) is 34.6 Å². The first kappa shape index (κ1) is 19.2. The molecule has 1 N–H and O–H groups in total. The van der Waals surface area contributed by atoms with Crippen molar-refractivity contribution in [3.05, 3.63) is 69.3 Å². The van der Waals surface area contributed by atoms with E-state index in [1.165, 1.54) is 38.9 Å². The Morgan fingerprint density at radius 3 is 1.96 bits per heavy atom. The van der Waals surface area contributed by atoms with E-state index in [-0.39, 0.29) is 5.91 Å². The summed E-state index contributed by atoms with van der Waals surface area (Å²) in [5.41, 5.74) is 9.06. The molecule has 25 heavy (non-hydrogen) atoms. The Morgan fingerprint density at radius 2 is 1.40 bits per heavy atom. The van der Waals surface area contributed by atoms with Gasteiger partial charge in [-0.15, -0.1) is 0 Å². The standard InChI is InChI=1S/C22H30N2O/c1-15-16(2)18(4)21(19(5)17(15)3)12-23-22(25)14-24(6)13-20-10-8-7-9-11-20/h7-11H,12-14H2,1-6H3,(H,23,25). The van der Waals surface area contributed by atoms with E-state index in [4.69, 9.17) is 0 Å². The SMILES string of the molecule is Cc1c(C)c(C)c(CNC(=O)CN(C)Cc2ccccc2)c(C)c1C. The number of hydrogen-bond acceptors (Lipinski definition) is 2. The first-order valence-electron chi connectivity index (χ1n) is 8.86. The molecule has 0 bridgehead atoms. The third-order valence-electron chi connectivity index (χ3n) is 5.33. The summed E-state index contributed by atoms with van der Waals surface area (Å²) in [6.45, 7) is 12.6. The van der Waals surface area contributed by atoms with Gasteiger partial charge >= 0.3 is 0 Å². The summed E-state index contributed by atoms with van der Waals surface area (Å²) in [6, 6.07) is 10.2. The highest BCUT2D eigenvalue weighted by Crippen LogP contribution is 2.25. The highest BCUT2D eigenvalue weighted by atomic mass is 16.2. The largest absolute Gasteiger partial charge is 0.351 e. The molecule has 0 aliphatic heterocycles. The molecule has 0 aromatic heterocycles. The minimum atomic E-state index is 0.0631. The summed E-state index contributed by atoms with van der Waals surface area (Å²) >= 11 is 0. The fourth-order valence-corrected chi connectivity index (χ4v) is 3.28. The van der Waals surface area contributed by atoms with Crippen molar-refractivity contribution >= 4 is 5.91 Å². The highest BCUT2D eigenvalue weighted by Gasteiger charge is 2.13. The van der Waals surface area contributed by atoms with Gasteiger partial charge < -0.3 is 5.32 Å². The van der Waals surface area contributed by atoms with Crippen molar-refractivity contribution in [1.82, 2.24) is 10.2 Å². The molecule has 2 aromatic carbocycles. The minimum Gasteiger partial charge on any atom is -0.351 e. The molecule has 0 heterocycles. The van der Waals surface area contributed by atoms with E-state index < -0.39 is 0 Å². The smallest absolute Gasteiger partial charge is 0.234 e. The quantitative estimate of drug-likeness (QED) is 0.864. The van der Waals surface area contributed by atoms with E-state index in [0.29, 0.717) is 13.1 Å². The van der Waals surface area contributed by atoms with Crippen LogP contribution in [0.5, 0.6) is 0 Å². The van der Waals surface area contributed by atoms with Crippen LogP contribution in [0.15, 0.2) is 30.3 Å². The molecule has 2 aromatic rings. The second-order valence-electron chi connectivity index (χ2n) is 7.04. The molecule has 0 saturated heterocycles. The third kappa shape index (κ3) is 4.70. The van der Waals surface area contributed by atoms with Gasteiger partial charge in [0.05, 0.1) is 6.54 Å². The topological polar surface area (TPSA) is 32.3 Å².